The van der Waals surface area contributed by atoms with E-state index in [2.05, 4.69) is 25.3 Å². The van der Waals surface area contributed by atoms with Crippen LogP contribution in [0.5, 0.6) is 0 Å². The largest absolute Gasteiger partial charge is 0.481 e. The molecule has 1 aliphatic rings. The maximum Gasteiger partial charge on any atom is 0.306 e. The van der Waals surface area contributed by atoms with E-state index in [1.165, 1.54) is 6.20 Å². The van der Waals surface area contributed by atoms with Crippen molar-refractivity contribution in [3.63, 3.8) is 0 Å². The smallest absolute Gasteiger partial charge is 0.306 e. The van der Waals surface area contributed by atoms with Gasteiger partial charge in [0.15, 0.2) is 17.5 Å². The molecule has 0 amide bonds. The van der Waals surface area contributed by atoms with Gasteiger partial charge in [-0.1, -0.05) is 11.6 Å². The molecular weight excluding hydrogens is 401 g/mol. The SMILES string of the molecule is O=C(O)C[C@@]1(O)CCC[C@H](Nc2nc(-c3c[nH]c4ncc(Cl)cc34)ncc2F)C1. The monoisotopic (exact) mass is 419 g/mol. The topological polar surface area (TPSA) is 124 Å². The maximum atomic E-state index is 14.4. The number of aliphatic carboxylic acids is 1. The highest BCUT2D eigenvalue weighted by atomic mass is 35.5. The van der Waals surface area contributed by atoms with Crippen LogP contribution in [0.3, 0.4) is 0 Å². The zero-order valence-corrected chi connectivity index (χ0v) is 16.1. The molecule has 0 radical (unpaired) electrons. The second-order valence-corrected chi connectivity index (χ2v) is 7.81. The molecule has 3 aromatic heterocycles. The van der Waals surface area contributed by atoms with Gasteiger partial charge in [-0.15, -0.1) is 0 Å². The molecule has 0 aromatic carbocycles. The number of carbonyl (C=O) groups is 1. The molecule has 8 nitrogen and oxygen atoms in total. The summed E-state index contributed by atoms with van der Waals surface area (Å²) in [5.74, 6) is -1.39. The molecule has 0 unspecified atom stereocenters. The Morgan fingerprint density at radius 3 is 3.03 bits per heavy atom. The van der Waals surface area contributed by atoms with Crippen molar-refractivity contribution >= 4 is 34.4 Å². The molecule has 29 heavy (non-hydrogen) atoms. The van der Waals surface area contributed by atoms with Gasteiger partial charge in [-0.2, -0.15) is 0 Å². The Balaban J connectivity index is 1.60. The second-order valence-electron chi connectivity index (χ2n) is 7.37. The molecule has 1 saturated carbocycles. The van der Waals surface area contributed by atoms with Crippen molar-refractivity contribution in [3.8, 4) is 11.4 Å². The lowest BCUT2D eigenvalue weighted by molar-refractivity contribution is -0.143. The van der Waals surface area contributed by atoms with Crippen molar-refractivity contribution in [2.75, 3.05) is 5.32 Å². The fourth-order valence-corrected chi connectivity index (χ4v) is 4.02. The van der Waals surface area contributed by atoms with E-state index in [0.717, 1.165) is 6.20 Å². The lowest BCUT2D eigenvalue weighted by atomic mass is 9.80. The number of anilines is 1. The maximum absolute atomic E-state index is 14.4. The van der Waals surface area contributed by atoms with E-state index >= 15 is 0 Å². The van der Waals surface area contributed by atoms with E-state index in [1.54, 1.807) is 12.3 Å². The number of nitrogens with one attached hydrogen (secondary N) is 2. The van der Waals surface area contributed by atoms with Crippen LogP contribution >= 0.6 is 11.6 Å². The minimum absolute atomic E-state index is 0.00362. The summed E-state index contributed by atoms with van der Waals surface area (Å²) in [6, 6.07) is 1.42. The summed E-state index contributed by atoms with van der Waals surface area (Å²) >= 11 is 6.03. The van der Waals surface area contributed by atoms with Crippen LogP contribution in [-0.2, 0) is 4.79 Å². The number of carboxylic acid groups (broad SMARTS) is 1. The Labute approximate surface area is 170 Å². The van der Waals surface area contributed by atoms with Gasteiger partial charge < -0.3 is 20.5 Å². The first-order valence-electron chi connectivity index (χ1n) is 9.19. The average molecular weight is 420 g/mol. The van der Waals surface area contributed by atoms with Crippen LogP contribution in [0.2, 0.25) is 5.02 Å². The molecule has 2 atom stereocenters. The van der Waals surface area contributed by atoms with Crippen LogP contribution < -0.4 is 5.32 Å². The highest BCUT2D eigenvalue weighted by Gasteiger charge is 2.36. The van der Waals surface area contributed by atoms with Crippen LogP contribution in [0.4, 0.5) is 10.2 Å². The third kappa shape index (κ3) is 4.15. The first-order valence-corrected chi connectivity index (χ1v) is 9.57. The van der Waals surface area contributed by atoms with Crippen molar-refractivity contribution < 1.29 is 19.4 Å². The molecule has 0 saturated heterocycles. The van der Waals surface area contributed by atoms with Crippen molar-refractivity contribution in [3.05, 3.63) is 35.5 Å². The average Bonchev–Trinajstić information content (AvgIpc) is 3.05. The van der Waals surface area contributed by atoms with Crippen LogP contribution in [0.1, 0.15) is 32.1 Å². The number of nitrogens with zero attached hydrogens (tertiary/aromatic N) is 3. The fourth-order valence-electron chi connectivity index (χ4n) is 3.86. The summed E-state index contributed by atoms with van der Waals surface area (Å²) < 4.78 is 14.4. The number of aromatic nitrogens is 4. The lowest BCUT2D eigenvalue weighted by Gasteiger charge is -2.36. The molecule has 1 fully saturated rings. The van der Waals surface area contributed by atoms with Crippen molar-refractivity contribution in [2.24, 2.45) is 0 Å². The first kappa shape index (κ1) is 19.5. The Hall–Kier alpha value is -2.78. The summed E-state index contributed by atoms with van der Waals surface area (Å²) in [6.07, 6.45) is 5.84. The number of fused-ring (bicyclic) bond motifs is 1. The third-order valence-corrected chi connectivity index (χ3v) is 5.33. The van der Waals surface area contributed by atoms with E-state index in [-0.39, 0.29) is 24.7 Å². The van der Waals surface area contributed by atoms with E-state index in [9.17, 15) is 14.3 Å². The molecule has 0 spiro atoms. The molecule has 1 aliphatic carbocycles. The lowest BCUT2D eigenvalue weighted by Crippen LogP contribution is -2.42. The number of carboxylic acids is 1. The molecule has 3 heterocycles. The second kappa shape index (κ2) is 7.57. The molecule has 152 valence electrons. The number of aliphatic hydroxyl groups is 1. The van der Waals surface area contributed by atoms with Gasteiger partial charge in [-0.25, -0.2) is 19.3 Å². The molecule has 0 aliphatic heterocycles. The summed E-state index contributed by atoms with van der Waals surface area (Å²) in [5.41, 5.74) is -0.0743. The number of hydrogen-bond acceptors (Lipinski definition) is 6. The summed E-state index contributed by atoms with van der Waals surface area (Å²) in [5, 5.41) is 23.7. The standard InChI is InChI=1S/C19H19ClFN5O3/c20-10-4-12-13(8-23-16(12)22-7-10)17-24-9-14(21)18(26-17)25-11-2-1-3-19(29,5-11)6-15(27)28/h4,7-9,11,29H,1-3,5-6H2,(H,22,23)(H,27,28)(H,24,25,26)/t11-,19+/m0/s1. The van der Waals surface area contributed by atoms with Gasteiger partial charge >= 0.3 is 5.97 Å². The highest BCUT2D eigenvalue weighted by Crippen LogP contribution is 2.33. The fraction of sp³-hybridized carbons (Fsp3) is 0.368. The third-order valence-electron chi connectivity index (χ3n) is 5.12. The summed E-state index contributed by atoms with van der Waals surface area (Å²) in [7, 11) is 0. The van der Waals surface area contributed by atoms with Crippen molar-refractivity contribution in [1.29, 1.82) is 0 Å². The quantitative estimate of drug-likeness (QED) is 0.499. The highest BCUT2D eigenvalue weighted by molar-refractivity contribution is 6.31. The number of pyridine rings is 1. The molecule has 4 rings (SSSR count). The number of rotatable bonds is 5. The predicted molar refractivity (Wildman–Crippen MR) is 105 cm³/mol. The van der Waals surface area contributed by atoms with Gasteiger partial charge in [0.25, 0.3) is 0 Å². The predicted octanol–water partition coefficient (Wildman–Crippen LogP) is 3.37. The Kier molecular flexibility index (Phi) is 5.10. The number of H-pyrrole nitrogens is 1. The Morgan fingerprint density at radius 1 is 1.41 bits per heavy atom. The summed E-state index contributed by atoms with van der Waals surface area (Å²) in [6.45, 7) is 0. The van der Waals surface area contributed by atoms with Gasteiger partial charge in [0, 0.05) is 29.4 Å². The Morgan fingerprint density at radius 2 is 2.24 bits per heavy atom. The molecule has 4 N–H and O–H groups in total. The van der Waals surface area contributed by atoms with E-state index in [4.69, 9.17) is 16.7 Å². The van der Waals surface area contributed by atoms with Gasteiger partial charge in [0.2, 0.25) is 0 Å². The minimum Gasteiger partial charge on any atom is -0.481 e. The van der Waals surface area contributed by atoms with Crippen LogP contribution in [-0.4, -0.2) is 47.8 Å². The molecule has 0 bridgehead atoms. The van der Waals surface area contributed by atoms with E-state index in [1.807, 2.05) is 0 Å². The normalized spacial score (nSPS) is 22.0. The van der Waals surface area contributed by atoms with Crippen molar-refractivity contribution in [2.45, 2.75) is 43.7 Å². The van der Waals surface area contributed by atoms with Crippen LogP contribution in [0.15, 0.2) is 24.7 Å². The van der Waals surface area contributed by atoms with Crippen LogP contribution in [0, 0.1) is 5.82 Å². The minimum atomic E-state index is -1.31. The van der Waals surface area contributed by atoms with E-state index < -0.39 is 17.4 Å². The van der Waals surface area contributed by atoms with Gasteiger partial charge in [-0.3, -0.25) is 4.79 Å². The Bertz CT molecular complexity index is 1080. The first-order chi connectivity index (χ1) is 13.8. The van der Waals surface area contributed by atoms with Gasteiger partial charge in [-0.05, 0) is 31.7 Å². The molecule has 3 aromatic rings. The van der Waals surface area contributed by atoms with Gasteiger partial charge in [0.1, 0.15) is 5.65 Å². The number of aromatic amines is 1. The molecule has 10 heteroatoms. The molecular formula is C19H19ClFN5O3. The van der Waals surface area contributed by atoms with E-state index in [0.29, 0.717) is 46.7 Å². The van der Waals surface area contributed by atoms with Gasteiger partial charge in [0.05, 0.1) is 23.2 Å². The zero-order chi connectivity index (χ0) is 20.6. The van der Waals surface area contributed by atoms with Crippen molar-refractivity contribution in [1.82, 2.24) is 19.9 Å². The summed E-state index contributed by atoms with van der Waals surface area (Å²) in [4.78, 5) is 26.6. The zero-order valence-electron chi connectivity index (χ0n) is 15.3. The van der Waals surface area contributed by atoms with Crippen LogP contribution in [0.25, 0.3) is 22.4 Å². The number of halogens is 2. The number of hydrogen-bond donors (Lipinski definition) is 4.